The van der Waals surface area contributed by atoms with Gasteiger partial charge in [0.15, 0.2) is 0 Å². The molecule has 0 bridgehead atoms. The van der Waals surface area contributed by atoms with Crippen LogP contribution in [0.25, 0.3) is 0 Å². The normalized spacial score (nSPS) is 12.0. The van der Waals surface area contributed by atoms with E-state index in [2.05, 4.69) is 5.32 Å². The number of rotatable bonds is 12. The van der Waals surface area contributed by atoms with Gasteiger partial charge in [-0.05, 0) is 73.9 Å². The average molecular weight is 558 g/mol. The fourth-order valence-corrected chi connectivity index (χ4v) is 5.46. The lowest BCUT2D eigenvalue weighted by Gasteiger charge is -2.33. The molecule has 0 aliphatic carbocycles. The number of aryl methyl sites for hydroxylation is 1. The van der Waals surface area contributed by atoms with Gasteiger partial charge in [-0.1, -0.05) is 43.7 Å². The van der Waals surface area contributed by atoms with Crippen molar-refractivity contribution >= 4 is 27.5 Å². The van der Waals surface area contributed by atoms with Gasteiger partial charge < -0.3 is 10.2 Å². The Morgan fingerprint density at radius 2 is 1.44 bits per heavy atom. The van der Waals surface area contributed by atoms with Crippen molar-refractivity contribution in [2.24, 2.45) is 0 Å². The number of carbonyl (C=O) groups excluding carboxylic acids is 2. The molecule has 0 saturated carbocycles. The molecule has 0 heterocycles. The predicted octanol–water partition coefficient (Wildman–Crippen LogP) is 4.80. The van der Waals surface area contributed by atoms with E-state index < -0.39 is 40.2 Å². The number of hydrogen-bond acceptors (Lipinski definition) is 4. The third-order valence-corrected chi connectivity index (χ3v) is 7.99. The third kappa shape index (κ3) is 7.63. The lowest BCUT2D eigenvalue weighted by atomic mass is 10.1. The summed E-state index contributed by atoms with van der Waals surface area (Å²) in [6.45, 7) is 5.21. The molecule has 10 heteroatoms. The number of carbonyl (C=O) groups is 2. The molecule has 1 atom stereocenters. The van der Waals surface area contributed by atoms with Crippen LogP contribution in [0.5, 0.6) is 0 Å². The minimum absolute atomic E-state index is 0.0389. The Labute approximate surface area is 228 Å². The van der Waals surface area contributed by atoms with Crippen LogP contribution in [-0.4, -0.2) is 44.3 Å². The summed E-state index contributed by atoms with van der Waals surface area (Å²) in [6, 6.07) is 15.6. The number of benzene rings is 3. The van der Waals surface area contributed by atoms with Crippen LogP contribution in [-0.2, 0) is 26.2 Å². The van der Waals surface area contributed by atoms with Crippen molar-refractivity contribution in [3.63, 3.8) is 0 Å². The summed E-state index contributed by atoms with van der Waals surface area (Å²) in [5.74, 6) is -2.02. The Kier molecular flexibility index (Phi) is 10.2. The first-order valence-electron chi connectivity index (χ1n) is 12.7. The summed E-state index contributed by atoms with van der Waals surface area (Å²) in [5, 5.41) is 2.80. The number of sulfonamides is 1. The van der Waals surface area contributed by atoms with Crippen molar-refractivity contribution in [2.45, 2.75) is 51.1 Å². The standard InChI is InChI=1S/C29H33F2N3O4S/c1-4-18-32-29(36)27(5-2)33(19-22-8-10-23(30)11-9-22)28(35)20-34(25-14-12-24(31)13-15-25)39(37,38)26-16-6-21(3)7-17-26/h6-17,27H,4-5,18-20H2,1-3H3,(H,32,36)/t27-/m0/s1. The van der Waals surface area contributed by atoms with Gasteiger partial charge in [0.2, 0.25) is 11.8 Å². The highest BCUT2D eigenvalue weighted by Crippen LogP contribution is 2.25. The van der Waals surface area contributed by atoms with E-state index in [9.17, 15) is 26.8 Å². The first-order valence-corrected chi connectivity index (χ1v) is 14.2. The van der Waals surface area contributed by atoms with Crippen LogP contribution in [0.2, 0.25) is 0 Å². The lowest BCUT2D eigenvalue weighted by molar-refractivity contribution is -0.140. The van der Waals surface area contributed by atoms with Gasteiger partial charge in [-0.15, -0.1) is 0 Å². The molecule has 0 saturated heterocycles. The maximum Gasteiger partial charge on any atom is 0.264 e. The van der Waals surface area contributed by atoms with Crippen molar-refractivity contribution in [3.8, 4) is 0 Å². The van der Waals surface area contributed by atoms with Gasteiger partial charge in [0.25, 0.3) is 10.0 Å². The number of hydrogen-bond donors (Lipinski definition) is 1. The zero-order chi connectivity index (χ0) is 28.6. The second-order valence-electron chi connectivity index (χ2n) is 9.16. The van der Waals surface area contributed by atoms with Crippen molar-refractivity contribution in [2.75, 3.05) is 17.4 Å². The SMILES string of the molecule is CCCNC(=O)[C@H](CC)N(Cc1ccc(F)cc1)C(=O)CN(c1ccc(F)cc1)S(=O)(=O)c1ccc(C)cc1. The van der Waals surface area contributed by atoms with Crippen LogP contribution in [0.1, 0.15) is 37.8 Å². The van der Waals surface area contributed by atoms with Crippen LogP contribution in [0, 0.1) is 18.6 Å². The molecule has 7 nitrogen and oxygen atoms in total. The van der Waals surface area contributed by atoms with Crippen LogP contribution in [0.4, 0.5) is 14.5 Å². The molecular formula is C29H33F2N3O4S. The fourth-order valence-electron chi connectivity index (χ4n) is 4.05. The molecule has 0 aliphatic rings. The number of anilines is 1. The van der Waals surface area contributed by atoms with E-state index in [0.29, 0.717) is 18.5 Å². The molecule has 2 amide bonds. The molecule has 0 unspecified atom stereocenters. The first kappa shape index (κ1) is 29.8. The summed E-state index contributed by atoms with van der Waals surface area (Å²) in [4.78, 5) is 28.2. The van der Waals surface area contributed by atoms with E-state index in [1.165, 1.54) is 53.4 Å². The number of amides is 2. The van der Waals surface area contributed by atoms with Gasteiger partial charge in [-0.2, -0.15) is 0 Å². The topological polar surface area (TPSA) is 86.8 Å². The molecule has 208 valence electrons. The second kappa shape index (κ2) is 13.3. The Balaban J connectivity index is 2.03. The Morgan fingerprint density at radius 1 is 0.872 bits per heavy atom. The van der Waals surface area contributed by atoms with Crippen LogP contribution in [0.15, 0.2) is 77.7 Å². The summed E-state index contributed by atoms with van der Waals surface area (Å²) in [7, 11) is -4.24. The highest BCUT2D eigenvalue weighted by molar-refractivity contribution is 7.92. The molecule has 3 aromatic rings. The molecule has 0 fully saturated rings. The molecule has 1 N–H and O–H groups in total. The Bertz CT molecular complexity index is 1360. The molecular weight excluding hydrogens is 524 g/mol. The molecule has 3 aromatic carbocycles. The summed E-state index contributed by atoms with van der Waals surface area (Å²) >= 11 is 0. The van der Waals surface area contributed by atoms with E-state index in [4.69, 9.17) is 0 Å². The lowest BCUT2D eigenvalue weighted by Crippen LogP contribution is -2.52. The quantitative estimate of drug-likeness (QED) is 0.347. The smallest absolute Gasteiger partial charge is 0.264 e. The Morgan fingerprint density at radius 3 is 1.97 bits per heavy atom. The predicted molar refractivity (Wildman–Crippen MR) is 146 cm³/mol. The summed E-state index contributed by atoms with van der Waals surface area (Å²) in [5.41, 5.74) is 1.52. The van der Waals surface area contributed by atoms with E-state index in [0.717, 1.165) is 22.0 Å². The Hall–Kier alpha value is -3.79. The van der Waals surface area contributed by atoms with Gasteiger partial charge in [0, 0.05) is 13.1 Å². The minimum atomic E-state index is -4.24. The van der Waals surface area contributed by atoms with Crippen LogP contribution in [0.3, 0.4) is 0 Å². The first-order chi connectivity index (χ1) is 18.6. The van der Waals surface area contributed by atoms with Gasteiger partial charge in [-0.25, -0.2) is 17.2 Å². The third-order valence-electron chi connectivity index (χ3n) is 6.20. The van der Waals surface area contributed by atoms with E-state index in [1.807, 2.05) is 13.8 Å². The molecule has 3 rings (SSSR count). The average Bonchev–Trinajstić information content (AvgIpc) is 2.92. The maximum atomic E-state index is 13.9. The second-order valence-corrected chi connectivity index (χ2v) is 11.0. The van der Waals surface area contributed by atoms with Crippen molar-refractivity contribution in [1.82, 2.24) is 10.2 Å². The maximum absolute atomic E-state index is 13.9. The highest BCUT2D eigenvalue weighted by atomic mass is 32.2. The van der Waals surface area contributed by atoms with Crippen molar-refractivity contribution in [3.05, 3.63) is 95.6 Å². The monoisotopic (exact) mass is 557 g/mol. The van der Waals surface area contributed by atoms with Crippen LogP contribution < -0.4 is 9.62 Å². The fraction of sp³-hybridized carbons (Fsp3) is 0.310. The van der Waals surface area contributed by atoms with Gasteiger partial charge in [-0.3, -0.25) is 13.9 Å². The van der Waals surface area contributed by atoms with Crippen molar-refractivity contribution in [1.29, 1.82) is 0 Å². The molecule has 39 heavy (non-hydrogen) atoms. The zero-order valence-electron chi connectivity index (χ0n) is 22.2. The van der Waals surface area contributed by atoms with Gasteiger partial charge >= 0.3 is 0 Å². The van der Waals surface area contributed by atoms with Gasteiger partial charge in [0.05, 0.1) is 10.6 Å². The van der Waals surface area contributed by atoms with E-state index in [-0.39, 0.29) is 29.5 Å². The van der Waals surface area contributed by atoms with Gasteiger partial charge in [0.1, 0.15) is 24.2 Å². The minimum Gasteiger partial charge on any atom is -0.354 e. The molecule has 0 radical (unpaired) electrons. The summed E-state index contributed by atoms with van der Waals surface area (Å²) in [6.07, 6.45) is 0.963. The van der Waals surface area contributed by atoms with Crippen LogP contribution >= 0.6 is 0 Å². The van der Waals surface area contributed by atoms with E-state index in [1.54, 1.807) is 19.1 Å². The molecule has 0 aromatic heterocycles. The number of nitrogens with zero attached hydrogens (tertiary/aromatic N) is 2. The largest absolute Gasteiger partial charge is 0.354 e. The van der Waals surface area contributed by atoms with E-state index >= 15 is 0 Å². The summed E-state index contributed by atoms with van der Waals surface area (Å²) < 4.78 is 55.6. The molecule has 0 spiro atoms. The number of halogens is 2. The van der Waals surface area contributed by atoms with Crippen molar-refractivity contribution < 1.29 is 26.8 Å². The zero-order valence-corrected chi connectivity index (χ0v) is 23.0. The molecule has 0 aliphatic heterocycles. The highest BCUT2D eigenvalue weighted by Gasteiger charge is 2.33. The number of nitrogens with one attached hydrogen (secondary N) is 1.